The summed E-state index contributed by atoms with van der Waals surface area (Å²) in [4.78, 5) is 34.6. The molecule has 0 aliphatic carbocycles. The first-order valence-electron chi connectivity index (χ1n) is 5.15. The van der Waals surface area contributed by atoms with Crippen molar-refractivity contribution < 1.29 is 24.2 Å². The van der Waals surface area contributed by atoms with Gasteiger partial charge >= 0.3 is 12.0 Å². The molecule has 0 radical (unpaired) electrons. The Morgan fingerprint density at radius 1 is 1.35 bits per heavy atom. The molecule has 0 saturated carbocycles. The number of amides is 3. The number of nitrogens with two attached hydrogens (primary N) is 1. The maximum absolute atomic E-state index is 11.5. The highest BCUT2D eigenvalue weighted by Crippen LogP contribution is 1.97. The Balaban J connectivity index is 2.34. The van der Waals surface area contributed by atoms with Crippen LogP contribution in [0.5, 0.6) is 0 Å². The summed E-state index contributed by atoms with van der Waals surface area (Å²) in [7, 11) is 0. The Kier molecular flexibility index (Phi) is 4.85. The van der Waals surface area contributed by atoms with Gasteiger partial charge in [-0.1, -0.05) is 0 Å². The van der Waals surface area contributed by atoms with E-state index in [9.17, 15) is 14.4 Å². The molecule has 0 bridgehead atoms. The minimum Gasteiger partial charge on any atom is -0.480 e. The Morgan fingerprint density at radius 2 is 1.94 bits per heavy atom. The minimum absolute atomic E-state index is 0.407. The predicted molar refractivity (Wildman–Crippen MR) is 56.2 cm³/mol. The van der Waals surface area contributed by atoms with Gasteiger partial charge in [0.2, 0.25) is 5.91 Å². The average Bonchev–Trinajstić information content (AvgIpc) is 2.29. The summed E-state index contributed by atoms with van der Waals surface area (Å²) in [5.41, 5.74) is 5.17. The van der Waals surface area contributed by atoms with Crippen molar-refractivity contribution in [3.63, 3.8) is 0 Å². The monoisotopic (exact) mass is 245 g/mol. The summed E-state index contributed by atoms with van der Waals surface area (Å²) in [6, 6.07) is -1.84. The fourth-order valence-electron chi connectivity index (χ4n) is 1.30. The third-order valence-corrected chi connectivity index (χ3v) is 2.27. The van der Waals surface area contributed by atoms with Crippen molar-refractivity contribution in [2.24, 2.45) is 5.73 Å². The van der Waals surface area contributed by atoms with Gasteiger partial charge in [-0.3, -0.25) is 14.9 Å². The summed E-state index contributed by atoms with van der Waals surface area (Å²) in [6.07, 6.45) is -0.425. The fraction of sp³-hybridized carbons (Fsp3) is 0.667. The lowest BCUT2D eigenvalue weighted by molar-refractivity contribution is -0.140. The summed E-state index contributed by atoms with van der Waals surface area (Å²) >= 11 is 0. The Morgan fingerprint density at radius 3 is 2.47 bits per heavy atom. The number of urea groups is 1. The van der Waals surface area contributed by atoms with Gasteiger partial charge in [0.25, 0.3) is 0 Å². The fourth-order valence-corrected chi connectivity index (χ4v) is 1.30. The van der Waals surface area contributed by atoms with Crippen LogP contribution in [0.2, 0.25) is 0 Å². The molecular weight excluding hydrogens is 230 g/mol. The van der Waals surface area contributed by atoms with E-state index in [1.807, 2.05) is 0 Å². The number of morpholine rings is 1. The molecular formula is C9H15N3O5. The molecule has 4 N–H and O–H groups in total. The number of aliphatic carboxylic acids is 1. The maximum Gasteiger partial charge on any atom is 0.324 e. The van der Waals surface area contributed by atoms with Crippen LogP contribution in [-0.2, 0) is 14.3 Å². The van der Waals surface area contributed by atoms with Crippen molar-refractivity contribution in [2.45, 2.75) is 12.5 Å². The minimum atomic E-state index is -1.30. The maximum atomic E-state index is 11.5. The molecule has 3 amide bonds. The molecule has 0 aromatic heterocycles. The van der Waals surface area contributed by atoms with Gasteiger partial charge in [-0.05, 0) is 0 Å². The number of carboxylic acids is 1. The lowest BCUT2D eigenvalue weighted by Crippen LogP contribution is -2.49. The topological polar surface area (TPSA) is 122 Å². The number of carbonyl (C=O) groups excluding carboxylic acids is 2. The van der Waals surface area contributed by atoms with Crippen LogP contribution in [0.4, 0.5) is 4.79 Å². The first-order valence-corrected chi connectivity index (χ1v) is 5.15. The second-order valence-corrected chi connectivity index (χ2v) is 3.60. The Bertz CT molecular complexity index is 314. The number of hydrogen-bond donors (Lipinski definition) is 3. The molecule has 0 aromatic rings. The quantitative estimate of drug-likeness (QED) is 0.548. The van der Waals surface area contributed by atoms with Crippen LogP contribution in [0.3, 0.4) is 0 Å². The first kappa shape index (κ1) is 13.4. The van der Waals surface area contributed by atoms with Crippen molar-refractivity contribution in [1.82, 2.24) is 10.2 Å². The van der Waals surface area contributed by atoms with Crippen molar-refractivity contribution in [1.29, 1.82) is 0 Å². The molecule has 1 rings (SSSR count). The Hall–Kier alpha value is -1.67. The number of nitrogens with one attached hydrogen (secondary N) is 1. The second-order valence-electron chi connectivity index (χ2n) is 3.60. The van der Waals surface area contributed by atoms with Crippen LogP contribution < -0.4 is 11.1 Å². The SMILES string of the molecule is NC(CC(=O)NC(=O)N1CCOCC1)C(=O)O. The highest BCUT2D eigenvalue weighted by Gasteiger charge is 2.21. The van der Waals surface area contributed by atoms with E-state index < -0.39 is 30.4 Å². The lowest BCUT2D eigenvalue weighted by atomic mass is 10.2. The zero-order valence-corrected chi connectivity index (χ0v) is 9.22. The van der Waals surface area contributed by atoms with Gasteiger partial charge in [0.1, 0.15) is 6.04 Å². The van der Waals surface area contributed by atoms with Crippen LogP contribution in [0.25, 0.3) is 0 Å². The molecule has 1 aliphatic rings. The van der Waals surface area contributed by atoms with Crippen LogP contribution >= 0.6 is 0 Å². The van der Waals surface area contributed by atoms with E-state index in [4.69, 9.17) is 15.6 Å². The van der Waals surface area contributed by atoms with Crippen molar-refractivity contribution >= 4 is 17.9 Å². The number of rotatable bonds is 3. The van der Waals surface area contributed by atoms with Gasteiger partial charge in [-0.15, -0.1) is 0 Å². The smallest absolute Gasteiger partial charge is 0.324 e. The number of nitrogens with zero attached hydrogens (tertiary/aromatic N) is 1. The second kappa shape index (κ2) is 6.16. The molecule has 96 valence electrons. The van der Waals surface area contributed by atoms with Crippen molar-refractivity contribution in [3.05, 3.63) is 0 Å². The summed E-state index contributed by atoms with van der Waals surface area (Å²) in [5.74, 6) is -1.98. The predicted octanol–water partition coefficient (Wildman–Crippen LogP) is -1.64. The number of carbonyl (C=O) groups is 3. The molecule has 1 saturated heterocycles. The number of carboxylic acid groups (broad SMARTS) is 1. The lowest BCUT2D eigenvalue weighted by Gasteiger charge is -2.26. The molecule has 1 heterocycles. The highest BCUT2D eigenvalue weighted by molar-refractivity contribution is 5.96. The molecule has 8 nitrogen and oxygen atoms in total. The van der Waals surface area contributed by atoms with E-state index in [0.717, 1.165) is 0 Å². The third kappa shape index (κ3) is 4.37. The number of imide groups is 1. The first-order chi connectivity index (χ1) is 8.00. The zero-order valence-electron chi connectivity index (χ0n) is 9.22. The van der Waals surface area contributed by atoms with E-state index in [0.29, 0.717) is 26.3 Å². The molecule has 1 aliphatic heterocycles. The molecule has 17 heavy (non-hydrogen) atoms. The van der Waals surface area contributed by atoms with E-state index >= 15 is 0 Å². The molecule has 1 fully saturated rings. The highest BCUT2D eigenvalue weighted by atomic mass is 16.5. The van der Waals surface area contributed by atoms with Gasteiger partial charge in [0, 0.05) is 13.1 Å². The van der Waals surface area contributed by atoms with Crippen LogP contribution in [0.1, 0.15) is 6.42 Å². The van der Waals surface area contributed by atoms with Gasteiger partial charge in [0.15, 0.2) is 0 Å². The van der Waals surface area contributed by atoms with E-state index in [1.165, 1.54) is 4.90 Å². The van der Waals surface area contributed by atoms with Gasteiger partial charge in [-0.25, -0.2) is 4.79 Å². The largest absolute Gasteiger partial charge is 0.480 e. The zero-order chi connectivity index (χ0) is 12.8. The summed E-state index contributed by atoms with van der Waals surface area (Å²) < 4.78 is 5.05. The summed E-state index contributed by atoms with van der Waals surface area (Å²) in [5, 5.41) is 10.6. The van der Waals surface area contributed by atoms with Crippen LogP contribution in [0, 0.1) is 0 Å². The van der Waals surface area contributed by atoms with E-state index in [1.54, 1.807) is 0 Å². The molecule has 8 heteroatoms. The van der Waals surface area contributed by atoms with Gasteiger partial charge in [0.05, 0.1) is 19.6 Å². The third-order valence-electron chi connectivity index (χ3n) is 2.27. The van der Waals surface area contributed by atoms with Crippen LogP contribution in [0.15, 0.2) is 0 Å². The molecule has 0 spiro atoms. The standard InChI is InChI=1S/C9H15N3O5/c10-6(8(14)15)5-7(13)11-9(16)12-1-3-17-4-2-12/h6H,1-5,10H2,(H,14,15)(H,11,13,16). The van der Waals surface area contributed by atoms with Crippen molar-refractivity contribution in [2.75, 3.05) is 26.3 Å². The number of ether oxygens (including phenoxy) is 1. The van der Waals surface area contributed by atoms with E-state index in [-0.39, 0.29) is 0 Å². The molecule has 1 atom stereocenters. The molecule has 1 unspecified atom stereocenters. The van der Waals surface area contributed by atoms with Crippen molar-refractivity contribution in [3.8, 4) is 0 Å². The normalized spacial score (nSPS) is 17.4. The Labute approximate surface area is 97.7 Å². The summed E-state index contributed by atoms with van der Waals surface area (Å²) in [6.45, 7) is 1.67. The molecule has 0 aromatic carbocycles. The van der Waals surface area contributed by atoms with Gasteiger partial charge < -0.3 is 20.5 Å². The van der Waals surface area contributed by atoms with E-state index in [2.05, 4.69) is 5.32 Å². The van der Waals surface area contributed by atoms with Gasteiger partial charge in [-0.2, -0.15) is 0 Å². The van der Waals surface area contributed by atoms with Crippen LogP contribution in [-0.4, -0.2) is 60.3 Å². The number of hydrogen-bond acceptors (Lipinski definition) is 5. The average molecular weight is 245 g/mol.